The van der Waals surface area contributed by atoms with Gasteiger partial charge in [-0.25, -0.2) is 4.68 Å². The van der Waals surface area contributed by atoms with E-state index >= 15 is 0 Å². The molecule has 0 aliphatic heterocycles. The van der Waals surface area contributed by atoms with Crippen LogP contribution in [-0.2, 0) is 11.2 Å². The first-order chi connectivity index (χ1) is 10.1. The largest absolute Gasteiger partial charge is 0.396 e. The van der Waals surface area contributed by atoms with Crippen LogP contribution in [0, 0.1) is 13.8 Å². The maximum absolute atomic E-state index is 11.9. The average Bonchev–Trinajstić information content (AvgIpc) is 2.76. The van der Waals surface area contributed by atoms with Crippen molar-refractivity contribution in [2.75, 3.05) is 13.2 Å². The number of aromatic nitrogens is 2. The Hall–Kier alpha value is -2.14. The number of amides is 1. The maximum atomic E-state index is 11.9. The first-order valence-corrected chi connectivity index (χ1v) is 7.11. The number of para-hydroxylation sites is 1. The normalized spacial score (nSPS) is 10.6. The molecule has 0 fully saturated rings. The second-order valence-electron chi connectivity index (χ2n) is 5.00. The lowest BCUT2D eigenvalue weighted by Gasteiger charge is -2.06. The summed E-state index contributed by atoms with van der Waals surface area (Å²) in [4.78, 5) is 11.9. The molecule has 0 aliphatic rings. The molecule has 5 heteroatoms. The molecule has 1 aromatic carbocycles. The Balaban J connectivity index is 2.15. The summed E-state index contributed by atoms with van der Waals surface area (Å²) in [6, 6.07) is 9.87. The Kier molecular flexibility index (Phi) is 5.11. The number of aryl methyl sites for hydroxylation is 1. The van der Waals surface area contributed by atoms with Crippen molar-refractivity contribution >= 4 is 5.91 Å². The molecule has 0 atom stereocenters. The summed E-state index contributed by atoms with van der Waals surface area (Å²) < 4.78 is 1.87. The molecule has 112 valence electrons. The SMILES string of the molecule is Cc1nn(-c2ccccc2)c(C)c1CC(=O)NCCCO. The van der Waals surface area contributed by atoms with E-state index in [1.807, 2.05) is 48.9 Å². The standard InChI is InChI=1S/C16H21N3O2/c1-12-15(11-16(21)17-9-6-10-20)13(2)19(18-12)14-7-4-3-5-8-14/h3-5,7-8,20H,6,9-11H2,1-2H3,(H,17,21). The predicted octanol–water partition coefficient (Wildman–Crippen LogP) is 1.53. The van der Waals surface area contributed by atoms with Gasteiger partial charge in [-0.15, -0.1) is 0 Å². The predicted molar refractivity (Wildman–Crippen MR) is 81.5 cm³/mol. The van der Waals surface area contributed by atoms with Gasteiger partial charge in [0.05, 0.1) is 17.8 Å². The van der Waals surface area contributed by atoms with Crippen LogP contribution >= 0.6 is 0 Å². The van der Waals surface area contributed by atoms with E-state index in [4.69, 9.17) is 5.11 Å². The van der Waals surface area contributed by atoms with E-state index in [9.17, 15) is 4.79 Å². The van der Waals surface area contributed by atoms with E-state index in [0.29, 0.717) is 19.4 Å². The molecule has 1 heterocycles. The van der Waals surface area contributed by atoms with Gasteiger partial charge in [0, 0.05) is 24.4 Å². The van der Waals surface area contributed by atoms with E-state index in [0.717, 1.165) is 22.6 Å². The number of nitrogens with zero attached hydrogens (tertiary/aromatic N) is 2. The van der Waals surface area contributed by atoms with E-state index < -0.39 is 0 Å². The van der Waals surface area contributed by atoms with Gasteiger partial charge in [-0.2, -0.15) is 5.10 Å². The lowest BCUT2D eigenvalue weighted by Crippen LogP contribution is -2.27. The molecular formula is C16H21N3O2. The van der Waals surface area contributed by atoms with Crippen molar-refractivity contribution < 1.29 is 9.90 Å². The summed E-state index contributed by atoms with van der Waals surface area (Å²) in [6.07, 6.45) is 0.892. The molecular weight excluding hydrogens is 266 g/mol. The van der Waals surface area contributed by atoms with Gasteiger partial charge in [0.15, 0.2) is 0 Å². The number of benzene rings is 1. The third-order valence-electron chi connectivity index (χ3n) is 3.44. The third kappa shape index (κ3) is 3.70. The molecule has 0 bridgehead atoms. The van der Waals surface area contributed by atoms with Crippen molar-refractivity contribution in [3.05, 3.63) is 47.3 Å². The topological polar surface area (TPSA) is 67.2 Å². The first-order valence-electron chi connectivity index (χ1n) is 7.11. The van der Waals surface area contributed by atoms with Crippen LogP contribution in [0.4, 0.5) is 0 Å². The zero-order valence-corrected chi connectivity index (χ0v) is 12.5. The molecule has 0 aliphatic carbocycles. The molecule has 2 N–H and O–H groups in total. The van der Waals surface area contributed by atoms with Gasteiger partial charge >= 0.3 is 0 Å². The van der Waals surface area contributed by atoms with Gasteiger partial charge in [0.2, 0.25) is 5.91 Å². The highest BCUT2D eigenvalue weighted by Crippen LogP contribution is 2.18. The van der Waals surface area contributed by atoms with Crippen molar-refractivity contribution in [1.82, 2.24) is 15.1 Å². The van der Waals surface area contributed by atoms with Gasteiger partial charge in [-0.1, -0.05) is 18.2 Å². The highest BCUT2D eigenvalue weighted by molar-refractivity contribution is 5.79. The number of hydrogen-bond donors (Lipinski definition) is 2. The van der Waals surface area contributed by atoms with Gasteiger partial charge in [0.25, 0.3) is 0 Å². The van der Waals surface area contributed by atoms with Crippen molar-refractivity contribution in [3.8, 4) is 5.69 Å². The van der Waals surface area contributed by atoms with Crippen LogP contribution in [0.2, 0.25) is 0 Å². The Morgan fingerprint density at radius 2 is 2.00 bits per heavy atom. The molecule has 2 rings (SSSR count). The van der Waals surface area contributed by atoms with Crippen LogP contribution in [-0.4, -0.2) is 33.9 Å². The summed E-state index contributed by atoms with van der Waals surface area (Å²) in [5, 5.41) is 16.0. The summed E-state index contributed by atoms with van der Waals surface area (Å²) in [7, 11) is 0. The number of rotatable bonds is 6. The number of hydrogen-bond acceptors (Lipinski definition) is 3. The first kappa shape index (κ1) is 15.3. The Morgan fingerprint density at radius 3 is 2.67 bits per heavy atom. The highest BCUT2D eigenvalue weighted by atomic mass is 16.3. The van der Waals surface area contributed by atoms with E-state index in [1.165, 1.54) is 0 Å². The highest BCUT2D eigenvalue weighted by Gasteiger charge is 2.15. The Bertz CT molecular complexity index is 605. The lowest BCUT2D eigenvalue weighted by atomic mass is 10.1. The fourth-order valence-electron chi connectivity index (χ4n) is 2.28. The summed E-state index contributed by atoms with van der Waals surface area (Å²) >= 11 is 0. The van der Waals surface area contributed by atoms with Crippen LogP contribution in [0.5, 0.6) is 0 Å². The van der Waals surface area contributed by atoms with Gasteiger partial charge in [-0.3, -0.25) is 4.79 Å². The number of carbonyl (C=O) groups excluding carboxylic acids is 1. The quantitative estimate of drug-likeness (QED) is 0.792. The molecule has 1 amide bonds. The summed E-state index contributed by atoms with van der Waals surface area (Å²) in [5.74, 6) is -0.0396. The molecule has 0 saturated carbocycles. The smallest absolute Gasteiger partial charge is 0.224 e. The number of aliphatic hydroxyl groups excluding tert-OH is 1. The third-order valence-corrected chi connectivity index (χ3v) is 3.44. The monoisotopic (exact) mass is 287 g/mol. The van der Waals surface area contributed by atoms with Crippen molar-refractivity contribution in [2.45, 2.75) is 26.7 Å². The molecule has 21 heavy (non-hydrogen) atoms. The minimum absolute atomic E-state index is 0.0396. The summed E-state index contributed by atoms with van der Waals surface area (Å²) in [5.41, 5.74) is 3.80. The second-order valence-corrected chi connectivity index (χ2v) is 5.00. The van der Waals surface area contributed by atoms with Crippen LogP contribution in [0.25, 0.3) is 5.69 Å². The van der Waals surface area contributed by atoms with E-state index in [2.05, 4.69) is 10.4 Å². The molecule has 2 aromatic rings. The lowest BCUT2D eigenvalue weighted by molar-refractivity contribution is -0.120. The van der Waals surface area contributed by atoms with Crippen LogP contribution in [0.3, 0.4) is 0 Å². The number of aliphatic hydroxyl groups is 1. The van der Waals surface area contributed by atoms with Crippen LogP contribution in [0.1, 0.15) is 23.4 Å². The molecule has 1 aromatic heterocycles. The van der Waals surface area contributed by atoms with Gasteiger partial charge in [0.1, 0.15) is 0 Å². The van der Waals surface area contributed by atoms with Crippen LogP contribution in [0.15, 0.2) is 30.3 Å². The minimum Gasteiger partial charge on any atom is -0.396 e. The fraction of sp³-hybridized carbons (Fsp3) is 0.375. The maximum Gasteiger partial charge on any atom is 0.224 e. The van der Waals surface area contributed by atoms with E-state index in [-0.39, 0.29) is 12.5 Å². The Labute approximate surface area is 124 Å². The molecule has 0 unspecified atom stereocenters. The molecule has 5 nitrogen and oxygen atoms in total. The van der Waals surface area contributed by atoms with E-state index in [1.54, 1.807) is 0 Å². The van der Waals surface area contributed by atoms with Gasteiger partial charge < -0.3 is 10.4 Å². The van der Waals surface area contributed by atoms with Crippen molar-refractivity contribution in [1.29, 1.82) is 0 Å². The van der Waals surface area contributed by atoms with Crippen LogP contribution < -0.4 is 5.32 Å². The zero-order valence-electron chi connectivity index (χ0n) is 12.5. The molecule has 0 saturated heterocycles. The number of carbonyl (C=O) groups is 1. The zero-order chi connectivity index (χ0) is 15.2. The minimum atomic E-state index is -0.0396. The average molecular weight is 287 g/mol. The molecule has 0 radical (unpaired) electrons. The Morgan fingerprint density at radius 1 is 1.29 bits per heavy atom. The van der Waals surface area contributed by atoms with Gasteiger partial charge in [-0.05, 0) is 32.4 Å². The van der Waals surface area contributed by atoms with Crippen molar-refractivity contribution in [2.24, 2.45) is 0 Å². The van der Waals surface area contributed by atoms with Crippen molar-refractivity contribution in [3.63, 3.8) is 0 Å². The summed E-state index contributed by atoms with van der Waals surface area (Å²) in [6.45, 7) is 4.48. The number of nitrogens with one attached hydrogen (secondary N) is 1. The fourth-order valence-corrected chi connectivity index (χ4v) is 2.28. The second kappa shape index (κ2) is 7.04. The molecule has 0 spiro atoms.